The van der Waals surface area contributed by atoms with E-state index in [1.54, 1.807) is 0 Å². The second-order valence-electron chi connectivity index (χ2n) is 6.63. The zero-order chi connectivity index (χ0) is 14.3. The van der Waals surface area contributed by atoms with Crippen LogP contribution in [0.25, 0.3) is 0 Å². The van der Waals surface area contributed by atoms with E-state index in [9.17, 15) is 4.79 Å². The minimum Gasteiger partial charge on any atom is -0.477 e. The molecule has 4 heteroatoms. The SMILES string of the molecule is Cc1sc(C(=O)O)cc1CN(C)CC1CC2CCC1C2. The normalized spacial score (nSPS) is 28.4. The van der Waals surface area contributed by atoms with E-state index in [0.717, 1.165) is 29.2 Å². The third kappa shape index (κ3) is 2.77. The van der Waals surface area contributed by atoms with E-state index in [2.05, 4.69) is 11.9 Å². The lowest BCUT2D eigenvalue weighted by Crippen LogP contribution is -2.28. The smallest absolute Gasteiger partial charge is 0.345 e. The highest BCUT2D eigenvalue weighted by atomic mass is 32.1. The molecule has 2 saturated carbocycles. The molecule has 0 aliphatic heterocycles. The highest BCUT2D eigenvalue weighted by Gasteiger charge is 2.39. The number of hydrogen-bond acceptors (Lipinski definition) is 3. The summed E-state index contributed by atoms with van der Waals surface area (Å²) in [7, 11) is 2.17. The van der Waals surface area contributed by atoms with Crippen molar-refractivity contribution < 1.29 is 9.90 Å². The summed E-state index contributed by atoms with van der Waals surface area (Å²) in [5.41, 5.74) is 1.18. The number of nitrogens with zero attached hydrogens (tertiary/aromatic N) is 1. The summed E-state index contributed by atoms with van der Waals surface area (Å²) in [6.07, 6.45) is 5.76. The molecule has 1 aromatic rings. The van der Waals surface area contributed by atoms with Gasteiger partial charge in [0.25, 0.3) is 0 Å². The van der Waals surface area contributed by atoms with E-state index in [-0.39, 0.29) is 0 Å². The van der Waals surface area contributed by atoms with E-state index in [1.807, 2.05) is 13.0 Å². The molecule has 1 N–H and O–H groups in total. The van der Waals surface area contributed by atoms with E-state index in [0.29, 0.717) is 4.88 Å². The Morgan fingerprint density at radius 1 is 1.45 bits per heavy atom. The van der Waals surface area contributed by atoms with Crippen LogP contribution >= 0.6 is 11.3 Å². The molecule has 20 heavy (non-hydrogen) atoms. The third-order valence-corrected chi connectivity index (χ3v) is 6.18. The van der Waals surface area contributed by atoms with Gasteiger partial charge in [0.05, 0.1) is 0 Å². The van der Waals surface area contributed by atoms with Crippen molar-refractivity contribution in [2.45, 2.75) is 39.2 Å². The van der Waals surface area contributed by atoms with Crippen LogP contribution in [-0.2, 0) is 6.54 Å². The lowest BCUT2D eigenvalue weighted by molar-refractivity contribution is 0.0702. The molecule has 3 atom stereocenters. The molecule has 2 fully saturated rings. The molecule has 3 unspecified atom stereocenters. The van der Waals surface area contributed by atoms with Crippen LogP contribution in [0, 0.1) is 24.7 Å². The molecule has 110 valence electrons. The monoisotopic (exact) mass is 293 g/mol. The molecule has 2 aliphatic carbocycles. The van der Waals surface area contributed by atoms with Crippen LogP contribution in [0.5, 0.6) is 0 Å². The van der Waals surface area contributed by atoms with Gasteiger partial charge >= 0.3 is 5.97 Å². The molecule has 0 spiro atoms. The summed E-state index contributed by atoms with van der Waals surface area (Å²) < 4.78 is 0. The van der Waals surface area contributed by atoms with Gasteiger partial charge in [-0.15, -0.1) is 11.3 Å². The Balaban J connectivity index is 1.58. The molecule has 0 amide bonds. The molecule has 0 radical (unpaired) electrons. The predicted octanol–water partition coefficient (Wildman–Crippen LogP) is 3.62. The maximum Gasteiger partial charge on any atom is 0.345 e. The van der Waals surface area contributed by atoms with Crippen LogP contribution in [0.2, 0.25) is 0 Å². The summed E-state index contributed by atoms with van der Waals surface area (Å²) in [5.74, 6) is 2.03. The Morgan fingerprint density at radius 3 is 2.80 bits per heavy atom. The zero-order valence-electron chi connectivity index (χ0n) is 12.3. The van der Waals surface area contributed by atoms with Crippen molar-refractivity contribution in [2.75, 3.05) is 13.6 Å². The first-order valence-electron chi connectivity index (χ1n) is 7.54. The fourth-order valence-corrected chi connectivity index (χ4v) is 5.01. The number of carboxylic acids is 1. The Morgan fingerprint density at radius 2 is 2.25 bits per heavy atom. The van der Waals surface area contributed by atoms with Gasteiger partial charge < -0.3 is 10.0 Å². The van der Waals surface area contributed by atoms with Gasteiger partial charge in [-0.25, -0.2) is 4.79 Å². The second kappa shape index (κ2) is 5.49. The molecule has 2 aliphatic rings. The number of rotatable bonds is 5. The fraction of sp³-hybridized carbons (Fsp3) is 0.688. The van der Waals surface area contributed by atoms with Gasteiger partial charge in [0, 0.05) is 18.0 Å². The summed E-state index contributed by atoms with van der Waals surface area (Å²) in [6.45, 7) is 4.07. The van der Waals surface area contributed by atoms with Crippen LogP contribution in [0.15, 0.2) is 6.07 Å². The minimum absolute atomic E-state index is 0.464. The highest BCUT2D eigenvalue weighted by molar-refractivity contribution is 7.14. The van der Waals surface area contributed by atoms with Crippen molar-refractivity contribution in [3.05, 3.63) is 21.4 Å². The van der Waals surface area contributed by atoms with Gasteiger partial charge in [-0.3, -0.25) is 0 Å². The number of hydrogen-bond donors (Lipinski definition) is 1. The van der Waals surface area contributed by atoms with Crippen molar-refractivity contribution in [1.29, 1.82) is 0 Å². The first-order chi connectivity index (χ1) is 9.52. The van der Waals surface area contributed by atoms with Crippen LogP contribution in [0.1, 0.15) is 45.8 Å². The Labute approximate surface area is 124 Å². The van der Waals surface area contributed by atoms with Crippen molar-refractivity contribution in [3.8, 4) is 0 Å². The van der Waals surface area contributed by atoms with Crippen molar-refractivity contribution in [3.63, 3.8) is 0 Å². The number of aryl methyl sites for hydroxylation is 1. The molecule has 0 aromatic carbocycles. The van der Waals surface area contributed by atoms with Gasteiger partial charge in [0.1, 0.15) is 4.88 Å². The number of carbonyl (C=O) groups is 1. The lowest BCUT2D eigenvalue weighted by Gasteiger charge is -2.27. The van der Waals surface area contributed by atoms with Crippen molar-refractivity contribution in [1.82, 2.24) is 4.90 Å². The average molecular weight is 293 g/mol. The van der Waals surface area contributed by atoms with E-state index >= 15 is 0 Å². The maximum atomic E-state index is 11.0. The van der Waals surface area contributed by atoms with Crippen LogP contribution in [0.3, 0.4) is 0 Å². The predicted molar refractivity (Wildman–Crippen MR) is 81.3 cm³/mol. The number of carboxylic acid groups (broad SMARTS) is 1. The Hall–Kier alpha value is -0.870. The van der Waals surface area contributed by atoms with Gasteiger partial charge in [-0.1, -0.05) is 6.42 Å². The van der Waals surface area contributed by atoms with E-state index in [1.165, 1.54) is 49.1 Å². The summed E-state index contributed by atoms with van der Waals surface area (Å²) >= 11 is 1.39. The largest absolute Gasteiger partial charge is 0.477 e. The highest BCUT2D eigenvalue weighted by Crippen LogP contribution is 2.48. The van der Waals surface area contributed by atoms with Gasteiger partial charge in [0.15, 0.2) is 0 Å². The Bertz CT molecular complexity index is 511. The molecule has 1 heterocycles. The average Bonchev–Trinajstić information content (AvgIpc) is 3.05. The Kier molecular flexibility index (Phi) is 3.87. The van der Waals surface area contributed by atoms with Gasteiger partial charge in [-0.05, 0) is 62.6 Å². The first kappa shape index (κ1) is 14.1. The van der Waals surface area contributed by atoms with Crippen molar-refractivity contribution >= 4 is 17.3 Å². The van der Waals surface area contributed by atoms with Crippen LogP contribution in [0.4, 0.5) is 0 Å². The first-order valence-corrected chi connectivity index (χ1v) is 8.35. The molecular weight excluding hydrogens is 270 g/mol. The number of thiophene rings is 1. The standard InChI is InChI=1S/C16H23NO2S/c1-10-13(7-15(20-10)16(18)19)8-17(2)9-14-6-11-3-4-12(14)5-11/h7,11-12,14H,3-6,8-9H2,1-2H3,(H,18,19). The summed E-state index contributed by atoms with van der Waals surface area (Å²) in [4.78, 5) is 15.0. The fourth-order valence-electron chi connectivity index (χ4n) is 4.14. The molecule has 2 bridgehead atoms. The molecular formula is C16H23NO2S. The molecule has 3 rings (SSSR count). The third-order valence-electron chi connectivity index (χ3n) is 5.10. The van der Waals surface area contributed by atoms with E-state index in [4.69, 9.17) is 5.11 Å². The molecule has 1 aromatic heterocycles. The lowest BCUT2D eigenvalue weighted by atomic mass is 9.88. The molecule has 0 saturated heterocycles. The number of fused-ring (bicyclic) bond motifs is 2. The summed E-state index contributed by atoms with van der Waals surface area (Å²) in [6, 6.07) is 1.85. The minimum atomic E-state index is -0.805. The quantitative estimate of drug-likeness (QED) is 0.901. The van der Waals surface area contributed by atoms with Gasteiger partial charge in [0.2, 0.25) is 0 Å². The van der Waals surface area contributed by atoms with Crippen LogP contribution in [-0.4, -0.2) is 29.6 Å². The van der Waals surface area contributed by atoms with E-state index < -0.39 is 5.97 Å². The second-order valence-corrected chi connectivity index (χ2v) is 7.89. The topological polar surface area (TPSA) is 40.5 Å². The van der Waals surface area contributed by atoms with Crippen molar-refractivity contribution in [2.24, 2.45) is 17.8 Å². The zero-order valence-corrected chi connectivity index (χ0v) is 13.1. The van der Waals surface area contributed by atoms with Crippen LogP contribution < -0.4 is 0 Å². The molecule has 3 nitrogen and oxygen atoms in total. The number of aromatic carboxylic acids is 1. The van der Waals surface area contributed by atoms with Gasteiger partial charge in [-0.2, -0.15) is 0 Å². The maximum absolute atomic E-state index is 11.0. The summed E-state index contributed by atoms with van der Waals surface area (Å²) in [5, 5.41) is 9.05.